The summed E-state index contributed by atoms with van der Waals surface area (Å²) in [6, 6.07) is 0. The van der Waals surface area contributed by atoms with Gasteiger partial charge in [-0.1, -0.05) is 32.6 Å². The molecule has 0 aromatic carbocycles. The monoisotopic (exact) mass is 266 g/mol. The van der Waals surface area contributed by atoms with E-state index in [1.54, 1.807) is 0 Å². The molecular formula is C16H30N2O. The van der Waals surface area contributed by atoms with Crippen LogP contribution in [0.25, 0.3) is 0 Å². The maximum atomic E-state index is 12.2. The van der Waals surface area contributed by atoms with Crippen molar-refractivity contribution in [1.82, 2.24) is 5.32 Å². The predicted molar refractivity (Wildman–Crippen MR) is 78.8 cm³/mol. The third kappa shape index (κ3) is 3.95. The second-order valence-electron chi connectivity index (χ2n) is 6.97. The lowest BCUT2D eigenvalue weighted by Gasteiger charge is -2.35. The Balaban J connectivity index is 1.77. The van der Waals surface area contributed by atoms with Gasteiger partial charge in [0.15, 0.2) is 0 Å². The van der Waals surface area contributed by atoms with Gasteiger partial charge in [-0.3, -0.25) is 4.79 Å². The van der Waals surface area contributed by atoms with Gasteiger partial charge in [-0.05, 0) is 49.5 Å². The Hall–Kier alpha value is -0.570. The molecule has 2 aliphatic rings. The van der Waals surface area contributed by atoms with Crippen LogP contribution in [0, 0.1) is 10.8 Å². The van der Waals surface area contributed by atoms with Crippen molar-refractivity contribution in [3.05, 3.63) is 0 Å². The molecule has 3 nitrogen and oxygen atoms in total. The minimum atomic E-state index is 0.101. The van der Waals surface area contributed by atoms with E-state index in [0.717, 1.165) is 19.4 Å². The molecule has 0 aromatic rings. The molecule has 0 aromatic heterocycles. The molecule has 0 spiro atoms. The van der Waals surface area contributed by atoms with Crippen LogP contribution in [-0.4, -0.2) is 19.0 Å². The molecule has 0 unspecified atom stereocenters. The third-order valence-electron chi connectivity index (χ3n) is 5.28. The Morgan fingerprint density at radius 1 is 1.11 bits per heavy atom. The van der Waals surface area contributed by atoms with E-state index >= 15 is 0 Å². The van der Waals surface area contributed by atoms with Crippen molar-refractivity contribution in [3.8, 4) is 0 Å². The Morgan fingerprint density at radius 2 is 1.79 bits per heavy atom. The third-order valence-corrected chi connectivity index (χ3v) is 5.28. The van der Waals surface area contributed by atoms with Crippen LogP contribution in [0.4, 0.5) is 0 Å². The molecule has 0 bridgehead atoms. The van der Waals surface area contributed by atoms with Gasteiger partial charge in [0.05, 0.1) is 0 Å². The van der Waals surface area contributed by atoms with E-state index in [-0.39, 0.29) is 11.3 Å². The Labute approximate surface area is 117 Å². The van der Waals surface area contributed by atoms with Crippen LogP contribution in [0.15, 0.2) is 0 Å². The summed E-state index contributed by atoms with van der Waals surface area (Å²) in [4.78, 5) is 12.2. The average molecular weight is 266 g/mol. The highest BCUT2D eigenvalue weighted by atomic mass is 16.1. The molecule has 110 valence electrons. The molecule has 1 amide bonds. The van der Waals surface area contributed by atoms with Crippen LogP contribution in [0.5, 0.6) is 0 Å². The SMILES string of the molecule is CCCC1(CNC(=O)CC2(CN)CCCCC2)CC1. The van der Waals surface area contributed by atoms with Gasteiger partial charge in [-0.25, -0.2) is 0 Å². The van der Waals surface area contributed by atoms with E-state index in [9.17, 15) is 4.79 Å². The Bertz CT molecular complexity index is 304. The second kappa shape index (κ2) is 6.25. The molecular weight excluding hydrogens is 236 g/mol. The maximum absolute atomic E-state index is 12.2. The number of carbonyl (C=O) groups excluding carboxylic acids is 1. The van der Waals surface area contributed by atoms with Crippen molar-refractivity contribution in [1.29, 1.82) is 0 Å². The fraction of sp³-hybridized carbons (Fsp3) is 0.938. The molecule has 0 radical (unpaired) electrons. The van der Waals surface area contributed by atoms with E-state index < -0.39 is 0 Å². The summed E-state index contributed by atoms with van der Waals surface area (Å²) in [6.45, 7) is 3.79. The minimum absolute atomic E-state index is 0.101. The highest BCUT2D eigenvalue weighted by Crippen LogP contribution is 2.49. The normalized spacial score (nSPS) is 23.9. The number of hydrogen-bond acceptors (Lipinski definition) is 2. The van der Waals surface area contributed by atoms with Gasteiger partial charge in [-0.2, -0.15) is 0 Å². The second-order valence-corrected chi connectivity index (χ2v) is 6.97. The van der Waals surface area contributed by atoms with Crippen molar-refractivity contribution >= 4 is 5.91 Å². The first kappa shape index (κ1) is 14.8. The molecule has 3 heteroatoms. The maximum Gasteiger partial charge on any atom is 0.220 e. The molecule has 19 heavy (non-hydrogen) atoms. The van der Waals surface area contributed by atoms with E-state index in [1.165, 1.54) is 44.9 Å². The van der Waals surface area contributed by atoms with Gasteiger partial charge in [0.25, 0.3) is 0 Å². The first-order chi connectivity index (χ1) is 9.14. The number of nitrogens with one attached hydrogen (secondary N) is 1. The van der Waals surface area contributed by atoms with E-state index in [2.05, 4.69) is 12.2 Å². The van der Waals surface area contributed by atoms with E-state index in [4.69, 9.17) is 5.73 Å². The fourth-order valence-corrected chi connectivity index (χ4v) is 3.67. The van der Waals surface area contributed by atoms with Gasteiger partial charge < -0.3 is 11.1 Å². The lowest BCUT2D eigenvalue weighted by molar-refractivity contribution is -0.124. The number of rotatable bonds is 7. The smallest absolute Gasteiger partial charge is 0.220 e. The van der Waals surface area contributed by atoms with Gasteiger partial charge >= 0.3 is 0 Å². The van der Waals surface area contributed by atoms with Gasteiger partial charge in [-0.15, -0.1) is 0 Å². The lowest BCUT2D eigenvalue weighted by Crippen LogP contribution is -2.40. The zero-order chi connectivity index (χ0) is 13.8. The first-order valence-electron chi connectivity index (χ1n) is 8.11. The van der Waals surface area contributed by atoms with Gasteiger partial charge in [0, 0.05) is 13.0 Å². The summed E-state index contributed by atoms with van der Waals surface area (Å²) in [5.74, 6) is 0.231. The number of nitrogens with two attached hydrogens (primary N) is 1. The van der Waals surface area contributed by atoms with Crippen LogP contribution in [-0.2, 0) is 4.79 Å². The molecule has 0 heterocycles. The molecule has 2 fully saturated rings. The van der Waals surface area contributed by atoms with Crippen molar-refractivity contribution in [2.75, 3.05) is 13.1 Å². The number of carbonyl (C=O) groups is 1. The topological polar surface area (TPSA) is 55.1 Å². The largest absolute Gasteiger partial charge is 0.356 e. The van der Waals surface area contributed by atoms with Crippen LogP contribution in [0.1, 0.15) is 71.1 Å². The number of hydrogen-bond donors (Lipinski definition) is 2. The Morgan fingerprint density at radius 3 is 2.32 bits per heavy atom. The minimum Gasteiger partial charge on any atom is -0.356 e. The summed E-state index contributed by atoms with van der Waals surface area (Å²) in [7, 11) is 0. The zero-order valence-corrected chi connectivity index (χ0v) is 12.5. The Kier molecular flexibility index (Phi) is 4.88. The van der Waals surface area contributed by atoms with Crippen molar-refractivity contribution in [2.45, 2.75) is 71.1 Å². The van der Waals surface area contributed by atoms with Crippen LogP contribution in [0.2, 0.25) is 0 Å². The molecule has 0 aliphatic heterocycles. The summed E-state index contributed by atoms with van der Waals surface area (Å²) >= 11 is 0. The summed E-state index contributed by atoms with van der Waals surface area (Å²) in [5, 5.41) is 3.18. The van der Waals surface area contributed by atoms with Crippen molar-refractivity contribution in [3.63, 3.8) is 0 Å². The summed E-state index contributed by atoms with van der Waals surface area (Å²) < 4.78 is 0. The highest BCUT2D eigenvalue weighted by molar-refractivity contribution is 5.76. The molecule has 3 N–H and O–H groups in total. The molecule has 2 saturated carbocycles. The van der Waals surface area contributed by atoms with Crippen LogP contribution < -0.4 is 11.1 Å². The average Bonchev–Trinajstić information content (AvgIpc) is 3.18. The van der Waals surface area contributed by atoms with Crippen LogP contribution >= 0.6 is 0 Å². The highest BCUT2D eigenvalue weighted by Gasteiger charge is 2.42. The summed E-state index contributed by atoms with van der Waals surface area (Å²) in [6.07, 6.45) is 11.8. The van der Waals surface area contributed by atoms with Crippen molar-refractivity contribution < 1.29 is 4.79 Å². The quantitative estimate of drug-likeness (QED) is 0.744. The lowest BCUT2D eigenvalue weighted by atomic mass is 9.71. The standard InChI is InChI=1S/C16H30N2O/c1-2-6-15(9-10-15)13-18-14(19)11-16(12-17)7-4-3-5-8-16/h2-13,17H2,1H3,(H,18,19). The number of amides is 1. The van der Waals surface area contributed by atoms with Crippen LogP contribution in [0.3, 0.4) is 0 Å². The fourth-order valence-electron chi connectivity index (χ4n) is 3.67. The van der Waals surface area contributed by atoms with Crippen molar-refractivity contribution in [2.24, 2.45) is 16.6 Å². The molecule has 0 saturated heterocycles. The van der Waals surface area contributed by atoms with Gasteiger partial charge in [0.1, 0.15) is 0 Å². The molecule has 2 rings (SSSR count). The first-order valence-corrected chi connectivity index (χ1v) is 8.11. The molecule has 2 aliphatic carbocycles. The zero-order valence-electron chi connectivity index (χ0n) is 12.5. The summed E-state index contributed by atoms with van der Waals surface area (Å²) in [5.41, 5.74) is 6.50. The van der Waals surface area contributed by atoms with E-state index in [1.807, 2.05) is 0 Å². The van der Waals surface area contributed by atoms with Gasteiger partial charge in [0.2, 0.25) is 5.91 Å². The predicted octanol–water partition coefficient (Wildman–Crippen LogP) is 2.98. The van der Waals surface area contributed by atoms with E-state index in [0.29, 0.717) is 18.4 Å². The molecule has 0 atom stereocenters.